The van der Waals surface area contributed by atoms with Gasteiger partial charge < -0.3 is 16.2 Å². The van der Waals surface area contributed by atoms with Crippen LogP contribution in [-0.4, -0.2) is 44.6 Å². The number of carbonyl (C=O) groups is 2. The van der Waals surface area contributed by atoms with Gasteiger partial charge in [-0.3, -0.25) is 14.3 Å². The third-order valence-corrected chi connectivity index (χ3v) is 2.15. The molecule has 18 heavy (non-hydrogen) atoms. The number of aromatic nitrogens is 3. The van der Waals surface area contributed by atoms with Crippen molar-refractivity contribution in [3.8, 4) is 0 Å². The van der Waals surface area contributed by atoms with Gasteiger partial charge in [0.2, 0.25) is 5.91 Å². The highest BCUT2D eigenvalue weighted by Crippen LogP contribution is 1.95. The lowest BCUT2D eigenvalue weighted by Gasteiger charge is -2.04. The number of nitrogens with zero attached hydrogens (tertiary/aromatic N) is 3. The molecule has 8 nitrogen and oxygen atoms in total. The number of hydrogen-bond donors (Lipinski definition) is 3. The first-order valence-corrected chi connectivity index (χ1v) is 5.30. The molecule has 8 heteroatoms. The number of carboxylic acid groups (broad SMARTS) is 1. The van der Waals surface area contributed by atoms with Crippen LogP contribution in [0.1, 0.15) is 5.69 Å². The monoisotopic (exact) mass is 253 g/mol. The van der Waals surface area contributed by atoms with Crippen molar-refractivity contribution in [2.45, 2.75) is 19.0 Å². The smallest absolute Gasteiger partial charge is 0.322 e. The fourth-order valence-electron chi connectivity index (χ4n) is 1.21. The highest BCUT2D eigenvalue weighted by atomic mass is 16.4. The molecule has 1 unspecified atom stereocenters. The molecule has 0 saturated heterocycles. The third kappa shape index (κ3) is 4.34. The summed E-state index contributed by atoms with van der Waals surface area (Å²) in [5.41, 5.74) is 6.01. The first kappa shape index (κ1) is 13.8. The Morgan fingerprint density at radius 3 is 3.00 bits per heavy atom. The molecule has 1 heterocycles. The zero-order valence-electron chi connectivity index (χ0n) is 9.74. The van der Waals surface area contributed by atoms with Gasteiger partial charge in [-0.15, -0.1) is 5.10 Å². The van der Waals surface area contributed by atoms with Gasteiger partial charge in [-0.05, 0) is 6.08 Å². The predicted molar refractivity (Wildman–Crippen MR) is 62.5 cm³/mol. The third-order valence-electron chi connectivity index (χ3n) is 2.15. The van der Waals surface area contributed by atoms with Crippen LogP contribution < -0.4 is 11.1 Å². The maximum absolute atomic E-state index is 10.9. The summed E-state index contributed by atoms with van der Waals surface area (Å²) in [5.74, 6) is -1.35. The van der Waals surface area contributed by atoms with Gasteiger partial charge in [0, 0.05) is 19.2 Å². The number of carboxylic acids is 1. The van der Waals surface area contributed by atoms with E-state index in [2.05, 4.69) is 22.2 Å². The highest BCUT2D eigenvalue weighted by Gasteiger charge is 2.13. The summed E-state index contributed by atoms with van der Waals surface area (Å²) < 4.78 is 1.36. The first-order valence-electron chi connectivity index (χ1n) is 5.30. The van der Waals surface area contributed by atoms with Gasteiger partial charge in [-0.25, -0.2) is 0 Å². The van der Waals surface area contributed by atoms with Crippen molar-refractivity contribution in [2.24, 2.45) is 5.73 Å². The Balaban J connectivity index is 2.41. The normalized spacial score (nSPS) is 11.8. The lowest BCUT2D eigenvalue weighted by Crippen LogP contribution is -2.34. The Morgan fingerprint density at radius 1 is 1.67 bits per heavy atom. The van der Waals surface area contributed by atoms with E-state index in [1.54, 1.807) is 6.20 Å². The second-order valence-electron chi connectivity index (χ2n) is 3.62. The summed E-state index contributed by atoms with van der Waals surface area (Å²) in [6.45, 7) is 3.79. The number of rotatable bonds is 7. The van der Waals surface area contributed by atoms with Crippen LogP contribution in [0, 0.1) is 0 Å². The van der Waals surface area contributed by atoms with Gasteiger partial charge in [0.1, 0.15) is 6.04 Å². The molecule has 0 aliphatic carbocycles. The number of aliphatic carboxylic acids is 1. The Kier molecular flexibility index (Phi) is 5.00. The standard InChI is InChI=1S/C10H15N5O3/c1-2-9(16)12-4-3-7-5-15(14-13-7)6-8(11)10(17)18/h2,5,8H,1,3-4,6,11H2,(H,12,16)(H,17,18). The van der Waals surface area contributed by atoms with Crippen LogP contribution >= 0.6 is 0 Å². The minimum Gasteiger partial charge on any atom is -0.480 e. The van der Waals surface area contributed by atoms with Crippen molar-refractivity contribution in [3.63, 3.8) is 0 Å². The van der Waals surface area contributed by atoms with Gasteiger partial charge >= 0.3 is 5.97 Å². The number of hydrogen-bond acceptors (Lipinski definition) is 5. The average Bonchev–Trinajstić information content (AvgIpc) is 2.76. The molecule has 0 aliphatic rings. The average molecular weight is 253 g/mol. The van der Waals surface area contributed by atoms with E-state index in [0.29, 0.717) is 18.7 Å². The Hall–Kier alpha value is -2.22. The molecule has 0 bridgehead atoms. The molecule has 1 amide bonds. The molecule has 1 atom stereocenters. The van der Waals surface area contributed by atoms with Crippen LogP contribution in [0.3, 0.4) is 0 Å². The van der Waals surface area contributed by atoms with E-state index in [-0.39, 0.29) is 12.5 Å². The SMILES string of the molecule is C=CC(=O)NCCc1cn(CC(N)C(=O)O)nn1. The largest absolute Gasteiger partial charge is 0.480 e. The summed E-state index contributed by atoms with van der Waals surface area (Å²) in [7, 11) is 0. The Morgan fingerprint density at radius 2 is 2.39 bits per heavy atom. The van der Waals surface area contributed by atoms with Crippen molar-refractivity contribution in [1.82, 2.24) is 20.3 Å². The van der Waals surface area contributed by atoms with Crippen LogP contribution in [0.25, 0.3) is 0 Å². The molecule has 98 valence electrons. The van der Waals surface area contributed by atoms with Crippen LogP contribution in [-0.2, 0) is 22.6 Å². The summed E-state index contributed by atoms with van der Waals surface area (Å²) in [6, 6.07) is -1.01. The maximum Gasteiger partial charge on any atom is 0.322 e. The zero-order chi connectivity index (χ0) is 13.5. The first-order chi connectivity index (χ1) is 8.52. The summed E-state index contributed by atoms with van der Waals surface area (Å²) in [5, 5.41) is 18.8. The van der Waals surface area contributed by atoms with E-state index in [9.17, 15) is 9.59 Å². The molecule has 4 N–H and O–H groups in total. The molecule has 0 fully saturated rings. The minimum atomic E-state index is -1.09. The predicted octanol–water partition coefficient (Wildman–Crippen LogP) is -1.47. The molecule has 0 saturated carbocycles. The van der Waals surface area contributed by atoms with E-state index < -0.39 is 12.0 Å². The van der Waals surface area contributed by atoms with Gasteiger partial charge in [0.05, 0.1) is 12.2 Å². The number of nitrogens with one attached hydrogen (secondary N) is 1. The minimum absolute atomic E-state index is 0.0569. The molecule has 0 aliphatic heterocycles. The van der Waals surface area contributed by atoms with Crippen LogP contribution in [0.15, 0.2) is 18.9 Å². The number of amides is 1. The Labute approximate surface area is 103 Å². The van der Waals surface area contributed by atoms with E-state index in [4.69, 9.17) is 10.8 Å². The Bertz CT molecular complexity index is 442. The molecule has 0 radical (unpaired) electrons. The van der Waals surface area contributed by atoms with E-state index in [1.807, 2.05) is 0 Å². The van der Waals surface area contributed by atoms with Crippen molar-refractivity contribution < 1.29 is 14.7 Å². The van der Waals surface area contributed by atoms with E-state index in [0.717, 1.165) is 0 Å². The van der Waals surface area contributed by atoms with E-state index in [1.165, 1.54) is 10.8 Å². The molecular weight excluding hydrogens is 238 g/mol. The molecule has 0 aromatic carbocycles. The fourth-order valence-corrected chi connectivity index (χ4v) is 1.21. The lowest BCUT2D eigenvalue weighted by atomic mass is 10.3. The summed E-state index contributed by atoms with van der Waals surface area (Å²) in [4.78, 5) is 21.4. The van der Waals surface area contributed by atoms with Crippen molar-refractivity contribution in [3.05, 3.63) is 24.5 Å². The molecule has 1 rings (SSSR count). The topological polar surface area (TPSA) is 123 Å². The quantitative estimate of drug-likeness (QED) is 0.510. The maximum atomic E-state index is 10.9. The molecule has 1 aromatic rings. The fraction of sp³-hybridized carbons (Fsp3) is 0.400. The molecular formula is C10H15N5O3. The highest BCUT2D eigenvalue weighted by molar-refractivity contribution is 5.86. The molecule has 0 spiro atoms. The second kappa shape index (κ2) is 6.50. The van der Waals surface area contributed by atoms with Crippen molar-refractivity contribution >= 4 is 11.9 Å². The number of carbonyl (C=O) groups excluding carboxylic acids is 1. The van der Waals surface area contributed by atoms with Crippen molar-refractivity contribution in [1.29, 1.82) is 0 Å². The summed E-state index contributed by atoms with van der Waals surface area (Å²) >= 11 is 0. The van der Waals surface area contributed by atoms with Crippen LogP contribution in [0.2, 0.25) is 0 Å². The van der Waals surface area contributed by atoms with Gasteiger partial charge in [-0.2, -0.15) is 0 Å². The van der Waals surface area contributed by atoms with E-state index >= 15 is 0 Å². The van der Waals surface area contributed by atoms with Gasteiger partial charge in [0.25, 0.3) is 0 Å². The second-order valence-corrected chi connectivity index (χ2v) is 3.62. The summed E-state index contributed by atoms with van der Waals surface area (Å²) in [6.07, 6.45) is 3.29. The van der Waals surface area contributed by atoms with Gasteiger partial charge in [0.15, 0.2) is 0 Å². The van der Waals surface area contributed by atoms with Crippen molar-refractivity contribution in [2.75, 3.05) is 6.54 Å². The van der Waals surface area contributed by atoms with Crippen LogP contribution in [0.5, 0.6) is 0 Å². The lowest BCUT2D eigenvalue weighted by molar-refractivity contribution is -0.138. The van der Waals surface area contributed by atoms with Gasteiger partial charge in [-0.1, -0.05) is 11.8 Å². The van der Waals surface area contributed by atoms with Crippen LogP contribution in [0.4, 0.5) is 0 Å². The number of nitrogens with two attached hydrogens (primary N) is 1. The molecule has 1 aromatic heterocycles. The zero-order valence-corrected chi connectivity index (χ0v) is 9.74.